The van der Waals surface area contributed by atoms with Crippen LogP contribution < -0.4 is 0 Å². The number of rotatable bonds is 3. The van der Waals surface area contributed by atoms with Crippen molar-refractivity contribution in [1.29, 1.82) is 0 Å². The fraction of sp³-hybridized carbons (Fsp3) is 0.625. The summed E-state index contributed by atoms with van der Waals surface area (Å²) in [5.74, 6) is 0.815. The van der Waals surface area contributed by atoms with Crippen molar-refractivity contribution in [1.82, 2.24) is 0 Å². The highest BCUT2D eigenvalue weighted by Gasteiger charge is 1.94. The third-order valence-corrected chi connectivity index (χ3v) is 1.85. The van der Waals surface area contributed by atoms with E-state index in [1.165, 1.54) is 18.4 Å². The van der Waals surface area contributed by atoms with Crippen LogP contribution in [0.25, 0.3) is 0 Å². The lowest BCUT2D eigenvalue weighted by Crippen LogP contribution is -1.91. The maximum Gasteiger partial charge on any atom is -0.0276 e. The molecule has 0 fully saturated rings. The molecule has 0 saturated carbocycles. The molecule has 0 amide bonds. The Kier molecular flexibility index (Phi) is 25.4. The summed E-state index contributed by atoms with van der Waals surface area (Å²) in [5.41, 5.74) is 1.46. The Hall–Kier alpha value is -0.780. The van der Waals surface area contributed by atoms with E-state index in [0.717, 1.165) is 5.92 Å². The van der Waals surface area contributed by atoms with Crippen LogP contribution in [0.2, 0.25) is 0 Å². The van der Waals surface area contributed by atoms with E-state index in [1.807, 2.05) is 13.8 Å². The standard InChI is InChI=1S/C11H16.C2H6.3CH4/c1-10(2)8-9-11-6-4-3-5-7-11;1-2;;;/h3-7,10H,8-9H2,1-2H3;1-2H3;3*1H4. The largest absolute Gasteiger partial charge is 0.0776 e. The summed E-state index contributed by atoms with van der Waals surface area (Å²) < 4.78 is 0. The van der Waals surface area contributed by atoms with Crippen molar-refractivity contribution < 1.29 is 0 Å². The maximum atomic E-state index is 2.27. The Morgan fingerprint density at radius 2 is 1.31 bits per heavy atom. The van der Waals surface area contributed by atoms with E-state index in [9.17, 15) is 0 Å². The van der Waals surface area contributed by atoms with E-state index in [-0.39, 0.29) is 22.3 Å². The predicted molar refractivity (Wildman–Crippen MR) is 81.1 cm³/mol. The zero-order valence-corrected chi connectivity index (χ0v) is 9.38. The van der Waals surface area contributed by atoms with Crippen LogP contribution in [0.5, 0.6) is 0 Å². The summed E-state index contributed by atoms with van der Waals surface area (Å²) in [6, 6.07) is 10.7. The van der Waals surface area contributed by atoms with Crippen molar-refractivity contribution in [2.45, 2.75) is 62.8 Å². The fourth-order valence-electron chi connectivity index (χ4n) is 1.10. The van der Waals surface area contributed by atoms with Crippen LogP contribution in [0, 0.1) is 5.92 Å². The van der Waals surface area contributed by atoms with Gasteiger partial charge < -0.3 is 0 Å². The highest BCUT2D eigenvalue weighted by Crippen LogP contribution is 2.07. The van der Waals surface area contributed by atoms with E-state index >= 15 is 0 Å². The third-order valence-electron chi connectivity index (χ3n) is 1.85. The lowest BCUT2D eigenvalue weighted by molar-refractivity contribution is 0.587. The third kappa shape index (κ3) is 13.2. The second-order valence-electron chi connectivity index (χ2n) is 3.42. The van der Waals surface area contributed by atoms with E-state index in [2.05, 4.69) is 44.2 Å². The van der Waals surface area contributed by atoms with Gasteiger partial charge in [-0.1, -0.05) is 80.3 Å². The van der Waals surface area contributed by atoms with Gasteiger partial charge in [0.15, 0.2) is 0 Å². The van der Waals surface area contributed by atoms with E-state index in [4.69, 9.17) is 0 Å². The molecule has 0 N–H and O–H groups in total. The Bertz CT molecular complexity index is 186. The first-order valence-electron chi connectivity index (χ1n) is 5.33. The molecule has 1 aromatic rings. The molecule has 16 heavy (non-hydrogen) atoms. The number of benzene rings is 1. The van der Waals surface area contributed by atoms with Gasteiger partial charge in [-0.25, -0.2) is 0 Å². The summed E-state index contributed by atoms with van der Waals surface area (Å²) in [7, 11) is 0. The molecule has 0 heterocycles. The predicted octanol–water partition coefficient (Wildman–Crippen LogP) is 6.21. The van der Waals surface area contributed by atoms with Gasteiger partial charge in [0, 0.05) is 0 Å². The number of hydrogen-bond donors (Lipinski definition) is 0. The van der Waals surface area contributed by atoms with Gasteiger partial charge in [0.2, 0.25) is 0 Å². The minimum absolute atomic E-state index is 0. The van der Waals surface area contributed by atoms with Crippen LogP contribution in [0.1, 0.15) is 62.0 Å². The zero-order valence-electron chi connectivity index (χ0n) is 9.38. The van der Waals surface area contributed by atoms with Crippen molar-refractivity contribution in [2.24, 2.45) is 5.92 Å². The molecule has 0 spiro atoms. The summed E-state index contributed by atoms with van der Waals surface area (Å²) in [5, 5.41) is 0. The molecule has 0 aliphatic rings. The van der Waals surface area contributed by atoms with Crippen molar-refractivity contribution in [3.05, 3.63) is 35.9 Å². The van der Waals surface area contributed by atoms with E-state index in [1.54, 1.807) is 0 Å². The Balaban J connectivity index is -0.000000136. The molecule has 0 atom stereocenters. The Morgan fingerprint density at radius 3 is 1.69 bits per heavy atom. The van der Waals surface area contributed by atoms with E-state index in [0.29, 0.717) is 0 Å². The fourth-order valence-corrected chi connectivity index (χ4v) is 1.10. The van der Waals surface area contributed by atoms with Gasteiger partial charge in [-0.05, 0) is 24.3 Å². The lowest BCUT2D eigenvalue weighted by Gasteiger charge is -2.03. The van der Waals surface area contributed by atoms with Gasteiger partial charge >= 0.3 is 0 Å². The zero-order chi connectivity index (χ0) is 10.1. The van der Waals surface area contributed by atoms with Gasteiger partial charge in [0.1, 0.15) is 0 Å². The summed E-state index contributed by atoms with van der Waals surface area (Å²) in [4.78, 5) is 0. The summed E-state index contributed by atoms with van der Waals surface area (Å²) >= 11 is 0. The quantitative estimate of drug-likeness (QED) is 0.575. The second kappa shape index (κ2) is 16.6. The molecule has 0 aliphatic heterocycles. The minimum Gasteiger partial charge on any atom is -0.0776 e. The lowest BCUT2D eigenvalue weighted by atomic mass is 10.0. The van der Waals surface area contributed by atoms with Gasteiger partial charge in [-0.2, -0.15) is 0 Å². The monoisotopic (exact) mass is 226 g/mol. The molecule has 0 radical (unpaired) electrons. The molecule has 1 rings (SSSR count). The first-order valence-corrected chi connectivity index (χ1v) is 5.33. The molecule has 0 heteroatoms. The van der Waals surface area contributed by atoms with Gasteiger partial charge in [0.25, 0.3) is 0 Å². The second-order valence-corrected chi connectivity index (χ2v) is 3.42. The molecule has 0 nitrogen and oxygen atoms in total. The van der Waals surface area contributed by atoms with E-state index < -0.39 is 0 Å². The first kappa shape index (κ1) is 24.4. The van der Waals surface area contributed by atoms with Crippen molar-refractivity contribution in [3.8, 4) is 0 Å². The normalized spacial score (nSPS) is 7.56. The maximum absolute atomic E-state index is 2.27. The molecule has 0 bridgehead atoms. The van der Waals surface area contributed by atoms with Crippen LogP contribution in [0.15, 0.2) is 30.3 Å². The average Bonchev–Trinajstić information content (AvgIpc) is 2.19. The number of hydrogen-bond acceptors (Lipinski definition) is 0. The molecule has 1 aromatic carbocycles. The molecule has 0 unspecified atom stereocenters. The molecule has 98 valence electrons. The van der Waals surface area contributed by atoms with Crippen LogP contribution in [-0.4, -0.2) is 0 Å². The van der Waals surface area contributed by atoms with Crippen LogP contribution in [-0.2, 0) is 6.42 Å². The van der Waals surface area contributed by atoms with Crippen LogP contribution in [0.4, 0.5) is 0 Å². The Labute approximate surface area is 105 Å². The van der Waals surface area contributed by atoms with Crippen molar-refractivity contribution >= 4 is 0 Å². The van der Waals surface area contributed by atoms with Crippen molar-refractivity contribution in [2.75, 3.05) is 0 Å². The minimum atomic E-state index is 0. The summed E-state index contributed by atoms with van der Waals surface area (Å²) in [6.45, 7) is 8.53. The van der Waals surface area contributed by atoms with Gasteiger partial charge in [-0.3, -0.25) is 0 Å². The average molecular weight is 226 g/mol. The highest BCUT2D eigenvalue weighted by molar-refractivity contribution is 5.14. The van der Waals surface area contributed by atoms with Crippen molar-refractivity contribution in [3.63, 3.8) is 0 Å². The van der Waals surface area contributed by atoms with Crippen LogP contribution in [0.3, 0.4) is 0 Å². The molecule has 0 saturated heterocycles. The first-order chi connectivity index (χ1) is 6.29. The smallest absolute Gasteiger partial charge is 0.0276 e. The van der Waals surface area contributed by atoms with Crippen LogP contribution >= 0.6 is 0 Å². The summed E-state index contributed by atoms with van der Waals surface area (Å²) in [6.07, 6.45) is 2.52. The molecular weight excluding hydrogens is 192 g/mol. The molecule has 0 aliphatic carbocycles. The number of aryl methyl sites for hydroxylation is 1. The molecular formula is C16H34. The molecule has 0 aromatic heterocycles. The SMILES string of the molecule is C.C.C.CC.CC(C)CCc1ccccc1. The topological polar surface area (TPSA) is 0 Å². The highest BCUT2D eigenvalue weighted by atomic mass is 14.0. The van der Waals surface area contributed by atoms with Gasteiger partial charge in [0.05, 0.1) is 0 Å². The Morgan fingerprint density at radius 1 is 0.875 bits per heavy atom. The van der Waals surface area contributed by atoms with Gasteiger partial charge in [-0.15, -0.1) is 0 Å².